The summed E-state index contributed by atoms with van der Waals surface area (Å²) < 4.78 is 0. The van der Waals surface area contributed by atoms with Crippen LogP contribution < -0.4 is 11.1 Å². The largest absolute Gasteiger partial charge is 0.392 e. The Morgan fingerprint density at radius 3 is 3.00 bits per heavy atom. The van der Waals surface area contributed by atoms with Crippen molar-refractivity contribution in [2.45, 2.75) is 38.6 Å². The zero-order chi connectivity index (χ0) is 12.4. The summed E-state index contributed by atoms with van der Waals surface area (Å²) in [6, 6.07) is 1.81. The molecule has 1 amide bonds. The number of thiocarbonyl (C=S) groups is 1. The van der Waals surface area contributed by atoms with Gasteiger partial charge in [0.15, 0.2) is 0 Å². The van der Waals surface area contributed by atoms with E-state index >= 15 is 0 Å². The minimum Gasteiger partial charge on any atom is -0.392 e. The Kier molecular flexibility index (Phi) is 3.79. The van der Waals surface area contributed by atoms with Crippen LogP contribution in [0.5, 0.6) is 0 Å². The fourth-order valence-corrected chi connectivity index (χ4v) is 3.43. The Labute approximate surface area is 110 Å². The lowest BCUT2D eigenvalue weighted by Gasteiger charge is -2.14. The number of fused-ring (bicyclic) bond motifs is 1. The van der Waals surface area contributed by atoms with Crippen LogP contribution in [0, 0.1) is 0 Å². The molecule has 0 saturated carbocycles. The Morgan fingerprint density at radius 1 is 1.65 bits per heavy atom. The van der Waals surface area contributed by atoms with Crippen LogP contribution in [0.4, 0.5) is 0 Å². The van der Waals surface area contributed by atoms with E-state index in [0.29, 0.717) is 4.99 Å². The van der Waals surface area contributed by atoms with Crippen LogP contribution in [0.25, 0.3) is 0 Å². The van der Waals surface area contributed by atoms with Gasteiger partial charge in [0.2, 0.25) is 0 Å². The average Bonchev–Trinajstić information content (AvgIpc) is 2.84. The number of thiophene rings is 1. The van der Waals surface area contributed by atoms with Gasteiger partial charge in [0.1, 0.15) is 0 Å². The highest BCUT2D eigenvalue weighted by molar-refractivity contribution is 7.80. The molecule has 17 heavy (non-hydrogen) atoms. The predicted octanol–water partition coefficient (Wildman–Crippen LogP) is 2.03. The molecule has 1 aromatic heterocycles. The summed E-state index contributed by atoms with van der Waals surface area (Å²) in [5.74, 6) is -0.0518. The molecule has 1 atom stereocenters. The summed E-state index contributed by atoms with van der Waals surface area (Å²) in [7, 11) is 0. The molecule has 1 aliphatic rings. The van der Waals surface area contributed by atoms with Gasteiger partial charge in [0.05, 0.1) is 15.9 Å². The molecule has 1 unspecified atom stereocenters. The van der Waals surface area contributed by atoms with Gasteiger partial charge >= 0.3 is 0 Å². The van der Waals surface area contributed by atoms with E-state index in [0.717, 1.165) is 24.1 Å². The summed E-state index contributed by atoms with van der Waals surface area (Å²) in [5, 5.41) is 2.88. The lowest BCUT2D eigenvalue weighted by Crippen LogP contribution is -2.42. The highest BCUT2D eigenvalue weighted by Crippen LogP contribution is 2.30. The first-order valence-electron chi connectivity index (χ1n) is 5.83. The van der Waals surface area contributed by atoms with Gasteiger partial charge in [0, 0.05) is 4.88 Å². The number of rotatable bonds is 4. The van der Waals surface area contributed by atoms with Crippen molar-refractivity contribution in [3.05, 3.63) is 21.4 Å². The van der Waals surface area contributed by atoms with E-state index in [2.05, 4.69) is 5.32 Å². The number of carbonyl (C=O) groups is 1. The third-order valence-corrected chi connectivity index (χ3v) is 4.55. The van der Waals surface area contributed by atoms with Crippen molar-refractivity contribution in [1.82, 2.24) is 5.32 Å². The molecule has 92 valence electrons. The second kappa shape index (κ2) is 5.14. The number of amides is 1. The zero-order valence-corrected chi connectivity index (χ0v) is 11.4. The fraction of sp³-hybridized carbons (Fsp3) is 0.500. The van der Waals surface area contributed by atoms with Gasteiger partial charge in [-0.15, -0.1) is 11.3 Å². The molecule has 1 aromatic rings. The smallest absolute Gasteiger partial charge is 0.261 e. The van der Waals surface area contributed by atoms with Crippen LogP contribution in [0.3, 0.4) is 0 Å². The maximum atomic E-state index is 12.0. The number of nitrogens with two attached hydrogens (primary N) is 1. The molecule has 3 nitrogen and oxygen atoms in total. The van der Waals surface area contributed by atoms with E-state index in [9.17, 15) is 4.79 Å². The summed E-state index contributed by atoms with van der Waals surface area (Å²) in [5.41, 5.74) is 6.90. The summed E-state index contributed by atoms with van der Waals surface area (Å²) >= 11 is 6.51. The Bertz CT molecular complexity index is 432. The standard InChI is InChI=1S/C12H16N2OS2/c1-2-8(11(13)16)14-12(15)10-6-7-4-3-5-9(7)17-10/h6,8H,2-5H2,1H3,(H2,13,16)(H,14,15). The minimum absolute atomic E-state index is 0.0518. The van der Waals surface area contributed by atoms with E-state index in [1.807, 2.05) is 13.0 Å². The fourth-order valence-electron chi connectivity index (χ4n) is 2.04. The van der Waals surface area contributed by atoms with Gasteiger partial charge in [-0.1, -0.05) is 19.1 Å². The number of aryl methyl sites for hydroxylation is 2. The quantitative estimate of drug-likeness (QED) is 0.822. The third kappa shape index (κ3) is 2.66. The molecule has 3 N–H and O–H groups in total. The molecule has 0 fully saturated rings. The SMILES string of the molecule is CCC(NC(=O)c1cc2c(s1)CCC2)C(N)=S. The number of hydrogen-bond donors (Lipinski definition) is 2. The van der Waals surface area contributed by atoms with Gasteiger partial charge < -0.3 is 11.1 Å². The molecule has 5 heteroatoms. The second-order valence-electron chi connectivity index (χ2n) is 4.25. The molecule has 0 spiro atoms. The lowest BCUT2D eigenvalue weighted by atomic mass is 10.2. The molecule has 0 aromatic carbocycles. The molecule has 0 radical (unpaired) electrons. The van der Waals surface area contributed by atoms with Crippen molar-refractivity contribution in [2.75, 3.05) is 0 Å². The Morgan fingerprint density at radius 2 is 2.41 bits per heavy atom. The van der Waals surface area contributed by atoms with Crippen molar-refractivity contribution < 1.29 is 4.79 Å². The van der Waals surface area contributed by atoms with Gasteiger partial charge in [0.25, 0.3) is 5.91 Å². The zero-order valence-electron chi connectivity index (χ0n) is 9.79. The van der Waals surface area contributed by atoms with Crippen molar-refractivity contribution in [3.63, 3.8) is 0 Å². The maximum Gasteiger partial charge on any atom is 0.261 e. The van der Waals surface area contributed by atoms with E-state index in [1.54, 1.807) is 11.3 Å². The second-order valence-corrected chi connectivity index (χ2v) is 5.86. The normalized spacial score (nSPS) is 15.4. The first kappa shape index (κ1) is 12.5. The lowest BCUT2D eigenvalue weighted by molar-refractivity contribution is 0.0950. The van der Waals surface area contributed by atoms with Crippen LogP contribution in [-0.4, -0.2) is 16.9 Å². The Balaban J connectivity index is 2.06. The molecule has 0 bridgehead atoms. The number of hydrogen-bond acceptors (Lipinski definition) is 3. The summed E-state index contributed by atoms with van der Waals surface area (Å²) in [6.07, 6.45) is 4.16. The van der Waals surface area contributed by atoms with Crippen molar-refractivity contribution in [3.8, 4) is 0 Å². The summed E-state index contributed by atoms with van der Waals surface area (Å²) in [4.78, 5) is 14.5. The van der Waals surface area contributed by atoms with E-state index in [4.69, 9.17) is 18.0 Å². The van der Waals surface area contributed by atoms with Crippen molar-refractivity contribution in [2.24, 2.45) is 5.73 Å². The van der Waals surface area contributed by atoms with Crippen molar-refractivity contribution >= 4 is 34.5 Å². The molecular formula is C12H16N2OS2. The van der Waals surface area contributed by atoms with Crippen LogP contribution in [0.1, 0.15) is 39.9 Å². The first-order valence-corrected chi connectivity index (χ1v) is 7.06. The third-order valence-electron chi connectivity index (χ3n) is 3.03. The summed E-state index contributed by atoms with van der Waals surface area (Å²) in [6.45, 7) is 1.96. The monoisotopic (exact) mass is 268 g/mol. The van der Waals surface area contributed by atoms with E-state index in [1.165, 1.54) is 16.9 Å². The van der Waals surface area contributed by atoms with Crippen LogP contribution in [0.15, 0.2) is 6.07 Å². The van der Waals surface area contributed by atoms with Gasteiger partial charge in [-0.3, -0.25) is 4.79 Å². The molecule has 2 rings (SSSR count). The average molecular weight is 268 g/mol. The number of carbonyl (C=O) groups excluding carboxylic acids is 1. The maximum absolute atomic E-state index is 12.0. The van der Waals surface area contributed by atoms with Gasteiger partial charge in [-0.25, -0.2) is 0 Å². The molecule has 0 aliphatic heterocycles. The first-order chi connectivity index (χ1) is 8.11. The van der Waals surface area contributed by atoms with Crippen LogP contribution >= 0.6 is 23.6 Å². The molecular weight excluding hydrogens is 252 g/mol. The predicted molar refractivity (Wildman–Crippen MR) is 74.7 cm³/mol. The van der Waals surface area contributed by atoms with Crippen molar-refractivity contribution in [1.29, 1.82) is 0 Å². The molecule has 1 heterocycles. The topological polar surface area (TPSA) is 55.1 Å². The molecule has 1 aliphatic carbocycles. The van der Waals surface area contributed by atoms with Crippen LogP contribution in [-0.2, 0) is 12.8 Å². The highest BCUT2D eigenvalue weighted by atomic mass is 32.1. The number of nitrogens with one attached hydrogen (secondary N) is 1. The van der Waals surface area contributed by atoms with E-state index in [-0.39, 0.29) is 11.9 Å². The molecule has 0 saturated heterocycles. The van der Waals surface area contributed by atoms with Gasteiger partial charge in [-0.2, -0.15) is 0 Å². The highest BCUT2D eigenvalue weighted by Gasteiger charge is 2.20. The Hall–Kier alpha value is -0.940. The van der Waals surface area contributed by atoms with Crippen LogP contribution in [0.2, 0.25) is 0 Å². The minimum atomic E-state index is -0.200. The van der Waals surface area contributed by atoms with Gasteiger partial charge in [-0.05, 0) is 37.3 Å². The van der Waals surface area contributed by atoms with E-state index < -0.39 is 0 Å².